The molecular formula is C14H22N4O3. The van der Waals surface area contributed by atoms with Crippen molar-refractivity contribution in [3.63, 3.8) is 0 Å². The maximum atomic E-state index is 12.1. The second-order valence-corrected chi connectivity index (χ2v) is 5.90. The molecule has 1 N–H and O–H groups in total. The minimum atomic E-state index is -0.504. The summed E-state index contributed by atoms with van der Waals surface area (Å²) in [6, 6.07) is 1.30. The van der Waals surface area contributed by atoms with E-state index in [1.54, 1.807) is 0 Å². The zero-order valence-electron chi connectivity index (χ0n) is 12.5. The Morgan fingerprint density at radius 1 is 1.52 bits per heavy atom. The first-order valence-corrected chi connectivity index (χ1v) is 7.19. The number of H-pyrrole nitrogens is 1. The van der Waals surface area contributed by atoms with Crippen LogP contribution in [0.1, 0.15) is 23.3 Å². The molecule has 21 heavy (non-hydrogen) atoms. The second-order valence-electron chi connectivity index (χ2n) is 5.90. The Morgan fingerprint density at radius 3 is 2.76 bits per heavy atom. The number of carbonyl (C=O) groups excluding carboxylic acids is 1. The minimum absolute atomic E-state index is 0.0729. The largest absolute Gasteiger partial charge is 0.353 e. The van der Waals surface area contributed by atoms with E-state index >= 15 is 0 Å². The van der Waals surface area contributed by atoms with Crippen molar-refractivity contribution < 1.29 is 9.72 Å². The van der Waals surface area contributed by atoms with Gasteiger partial charge in [-0.2, -0.15) is 0 Å². The van der Waals surface area contributed by atoms with E-state index in [1.807, 2.05) is 11.9 Å². The molecule has 1 fully saturated rings. The Morgan fingerprint density at radius 2 is 2.19 bits per heavy atom. The van der Waals surface area contributed by atoms with Gasteiger partial charge in [-0.15, -0.1) is 0 Å². The summed E-state index contributed by atoms with van der Waals surface area (Å²) in [7, 11) is 4.05. The van der Waals surface area contributed by atoms with Gasteiger partial charge in [0.2, 0.25) is 0 Å². The fourth-order valence-electron chi connectivity index (χ4n) is 2.73. The molecule has 0 radical (unpaired) electrons. The molecule has 0 amide bonds. The third kappa shape index (κ3) is 4.37. The average molecular weight is 294 g/mol. The molecule has 0 spiro atoms. The maximum absolute atomic E-state index is 12.1. The molecule has 0 bridgehead atoms. The SMILES string of the molecule is CN1CCC(CN(C)CC(=O)c2cc([N+](=O)[O-])c[nH]2)CC1. The second kappa shape index (κ2) is 6.82. The van der Waals surface area contributed by atoms with Crippen LogP contribution in [-0.4, -0.2) is 65.8 Å². The quantitative estimate of drug-likeness (QED) is 0.487. The molecule has 2 rings (SSSR count). The normalized spacial score (nSPS) is 17.3. The Bertz CT molecular complexity index is 506. The fraction of sp³-hybridized carbons (Fsp3) is 0.643. The summed E-state index contributed by atoms with van der Waals surface area (Å²) in [5.41, 5.74) is 0.230. The molecule has 7 heteroatoms. The number of nitrogens with one attached hydrogen (secondary N) is 1. The van der Waals surface area contributed by atoms with E-state index < -0.39 is 4.92 Å². The predicted octanol–water partition coefficient (Wildman–Crippen LogP) is 1.38. The third-order valence-corrected chi connectivity index (χ3v) is 4.00. The van der Waals surface area contributed by atoms with Gasteiger partial charge in [-0.25, -0.2) is 0 Å². The molecule has 0 saturated carbocycles. The van der Waals surface area contributed by atoms with Crippen LogP contribution >= 0.6 is 0 Å². The predicted molar refractivity (Wildman–Crippen MR) is 79.5 cm³/mol. The van der Waals surface area contributed by atoms with Crippen molar-refractivity contribution in [1.29, 1.82) is 0 Å². The number of nitro groups is 1. The van der Waals surface area contributed by atoms with Gasteiger partial charge < -0.3 is 9.88 Å². The number of rotatable bonds is 6. The summed E-state index contributed by atoms with van der Waals surface area (Å²) in [5.74, 6) is 0.510. The van der Waals surface area contributed by atoms with Crippen LogP contribution in [-0.2, 0) is 0 Å². The molecule has 1 aliphatic rings. The first kappa shape index (κ1) is 15.7. The van der Waals surface area contributed by atoms with Crippen LogP contribution in [0, 0.1) is 16.0 Å². The first-order chi connectivity index (χ1) is 9.95. The topological polar surface area (TPSA) is 82.5 Å². The van der Waals surface area contributed by atoms with Crippen LogP contribution in [0.2, 0.25) is 0 Å². The van der Waals surface area contributed by atoms with E-state index in [0.717, 1.165) is 32.5 Å². The van der Waals surface area contributed by atoms with Gasteiger partial charge in [0.05, 0.1) is 23.4 Å². The molecule has 0 aliphatic carbocycles. The fourth-order valence-corrected chi connectivity index (χ4v) is 2.73. The standard InChI is InChI=1S/C14H22N4O3/c1-16-5-3-11(4-6-16)9-17(2)10-14(19)13-7-12(8-15-13)18(20)21/h7-8,11,15H,3-6,9-10H2,1-2H3. The van der Waals surface area contributed by atoms with Gasteiger partial charge in [-0.05, 0) is 45.9 Å². The molecular weight excluding hydrogens is 272 g/mol. The zero-order valence-corrected chi connectivity index (χ0v) is 12.5. The van der Waals surface area contributed by atoms with Crippen LogP contribution in [0.5, 0.6) is 0 Å². The van der Waals surface area contributed by atoms with Gasteiger partial charge in [0.25, 0.3) is 5.69 Å². The number of Topliss-reactive ketones (excluding diaryl/α,β-unsaturated/α-hetero) is 1. The lowest BCUT2D eigenvalue weighted by Gasteiger charge is -2.31. The highest BCUT2D eigenvalue weighted by Gasteiger charge is 2.20. The molecule has 1 saturated heterocycles. The van der Waals surface area contributed by atoms with Crippen molar-refractivity contribution in [2.24, 2.45) is 5.92 Å². The highest BCUT2D eigenvalue weighted by Crippen LogP contribution is 2.17. The van der Waals surface area contributed by atoms with E-state index in [2.05, 4.69) is 16.9 Å². The highest BCUT2D eigenvalue weighted by molar-refractivity contribution is 5.96. The Kier molecular flexibility index (Phi) is 5.08. The van der Waals surface area contributed by atoms with Crippen molar-refractivity contribution in [2.75, 3.05) is 40.3 Å². The van der Waals surface area contributed by atoms with Crippen molar-refractivity contribution in [3.8, 4) is 0 Å². The molecule has 0 unspecified atom stereocenters. The van der Waals surface area contributed by atoms with Crippen LogP contribution in [0.3, 0.4) is 0 Å². The molecule has 0 atom stereocenters. The first-order valence-electron chi connectivity index (χ1n) is 7.19. The lowest BCUT2D eigenvalue weighted by molar-refractivity contribution is -0.384. The minimum Gasteiger partial charge on any atom is -0.353 e. The number of hydrogen-bond acceptors (Lipinski definition) is 5. The van der Waals surface area contributed by atoms with Gasteiger partial charge in [-0.3, -0.25) is 19.8 Å². The Labute approximate surface area is 124 Å². The lowest BCUT2D eigenvalue weighted by Crippen LogP contribution is -2.37. The maximum Gasteiger partial charge on any atom is 0.287 e. The summed E-state index contributed by atoms with van der Waals surface area (Å²) in [6.07, 6.45) is 3.57. The van der Waals surface area contributed by atoms with E-state index in [-0.39, 0.29) is 18.0 Å². The summed E-state index contributed by atoms with van der Waals surface area (Å²) in [6.45, 7) is 3.39. The lowest BCUT2D eigenvalue weighted by atomic mass is 9.96. The number of piperidine rings is 1. The van der Waals surface area contributed by atoms with Gasteiger partial charge in [0, 0.05) is 12.6 Å². The number of aromatic nitrogens is 1. The number of nitrogens with zero attached hydrogens (tertiary/aromatic N) is 3. The third-order valence-electron chi connectivity index (χ3n) is 4.00. The zero-order chi connectivity index (χ0) is 15.4. The van der Waals surface area contributed by atoms with E-state index in [0.29, 0.717) is 11.6 Å². The molecule has 7 nitrogen and oxygen atoms in total. The summed E-state index contributed by atoms with van der Waals surface area (Å²) < 4.78 is 0. The number of likely N-dealkylation sites (tertiary alicyclic amines) is 1. The number of hydrogen-bond donors (Lipinski definition) is 1. The molecule has 0 aromatic carbocycles. The molecule has 1 aromatic rings. The number of ketones is 1. The molecule has 1 aromatic heterocycles. The number of aromatic amines is 1. The van der Waals surface area contributed by atoms with Gasteiger partial charge in [0.1, 0.15) is 0 Å². The number of likely N-dealkylation sites (N-methyl/N-ethyl adjacent to an activating group) is 1. The highest BCUT2D eigenvalue weighted by atomic mass is 16.6. The van der Waals surface area contributed by atoms with Crippen LogP contribution in [0.15, 0.2) is 12.3 Å². The van der Waals surface area contributed by atoms with E-state index in [9.17, 15) is 14.9 Å². The summed E-state index contributed by atoms with van der Waals surface area (Å²) in [4.78, 5) is 29.2. The van der Waals surface area contributed by atoms with E-state index in [1.165, 1.54) is 12.3 Å². The van der Waals surface area contributed by atoms with Crippen LogP contribution < -0.4 is 0 Å². The van der Waals surface area contributed by atoms with Gasteiger partial charge in [-0.1, -0.05) is 0 Å². The molecule has 116 valence electrons. The van der Waals surface area contributed by atoms with E-state index in [4.69, 9.17) is 0 Å². The van der Waals surface area contributed by atoms with Crippen molar-refractivity contribution in [2.45, 2.75) is 12.8 Å². The van der Waals surface area contributed by atoms with Gasteiger partial charge in [0.15, 0.2) is 5.78 Å². The smallest absolute Gasteiger partial charge is 0.287 e. The van der Waals surface area contributed by atoms with Crippen LogP contribution in [0.4, 0.5) is 5.69 Å². The summed E-state index contributed by atoms with van der Waals surface area (Å²) in [5, 5.41) is 10.6. The monoisotopic (exact) mass is 294 g/mol. The van der Waals surface area contributed by atoms with Crippen molar-refractivity contribution >= 4 is 11.5 Å². The Hall–Kier alpha value is -1.73. The average Bonchev–Trinajstić information content (AvgIpc) is 2.91. The van der Waals surface area contributed by atoms with Crippen molar-refractivity contribution in [1.82, 2.24) is 14.8 Å². The number of carbonyl (C=O) groups is 1. The molecule has 1 aliphatic heterocycles. The Balaban J connectivity index is 1.82. The van der Waals surface area contributed by atoms with Crippen molar-refractivity contribution in [3.05, 3.63) is 28.1 Å². The molecule has 2 heterocycles. The summed E-state index contributed by atoms with van der Waals surface area (Å²) >= 11 is 0. The van der Waals surface area contributed by atoms with Crippen LogP contribution in [0.25, 0.3) is 0 Å². The van der Waals surface area contributed by atoms with Gasteiger partial charge >= 0.3 is 0 Å².